The first-order valence-electron chi connectivity index (χ1n) is 5.70. The molecule has 0 spiro atoms. The van der Waals surface area contributed by atoms with Crippen molar-refractivity contribution in [3.05, 3.63) is 42.3 Å². The first-order valence-corrected chi connectivity index (χ1v) is 5.70. The molecule has 0 aliphatic carbocycles. The van der Waals surface area contributed by atoms with Crippen molar-refractivity contribution < 1.29 is 0 Å². The fraction of sp³-hybridized carbons (Fsp3) is 0.500. The molecule has 1 atom stereocenters. The van der Waals surface area contributed by atoms with E-state index in [0.29, 0.717) is 5.92 Å². The van der Waals surface area contributed by atoms with Crippen molar-refractivity contribution in [2.75, 3.05) is 0 Å². The summed E-state index contributed by atoms with van der Waals surface area (Å²) in [5.74, 6) is 0.712. The Balaban J connectivity index is 2.73. The van der Waals surface area contributed by atoms with Gasteiger partial charge in [0.05, 0.1) is 0 Å². The van der Waals surface area contributed by atoms with Crippen molar-refractivity contribution >= 4 is 0 Å². The molecule has 0 fully saturated rings. The maximum Gasteiger partial charge on any atom is -0.0162 e. The lowest BCUT2D eigenvalue weighted by molar-refractivity contribution is 0.568. The molecule has 0 amide bonds. The molecule has 1 aromatic rings. The Morgan fingerprint density at radius 3 is 2.50 bits per heavy atom. The number of hydrogen-bond acceptors (Lipinski definition) is 0. The van der Waals surface area contributed by atoms with E-state index in [1.54, 1.807) is 0 Å². The van der Waals surface area contributed by atoms with Gasteiger partial charge in [0.2, 0.25) is 0 Å². The average Bonchev–Trinajstić information content (AvgIpc) is 2.21. The van der Waals surface area contributed by atoms with E-state index >= 15 is 0 Å². The van der Waals surface area contributed by atoms with Crippen LogP contribution in [0.5, 0.6) is 0 Å². The molecule has 0 aliphatic heterocycles. The Morgan fingerprint density at radius 1 is 1.21 bits per heavy atom. The Labute approximate surface area is 88.4 Å². The molecule has 0 aromatic heterocycles. The van der Waals surface area contributed by atoms with E-state index in [1.165, 1.54) is 36.8 Å². The summed E-state index contributed by atoms with van der Waals surface area (Å²) < 4.78 is 0. The van der Waals surface area contributed by atoms with E-state index in [-0.39, 0.29) is 0 Å². The van der Waals surface area contributed by atoms with Gasteiger partial charge in [-0.1, -0.05) is 51.0 Å². The van der Waals surface area contributed by atoms with E-state index < -0.39 is 0 Å². The highest BCUT2D eigenvalue weighted by Crippen LogP contribution is 2.27. The minimum absolute atomic E-state index is 0.712. The van der Waals surface area contributed by atoms with Crippen LogP contribution < -0.4 is 0 Å². The van der Waals surface area contributed by atoms with Crippen LogP contribution in [0.1, 0.15) is 56.6 Å². The maximum atomic E-state index is 4.10. The third-order valence-electron chi connectivity index (χ3n) is 2.89. The molecule has 0 saturated heterocycles. The topological polar surface area (TPSA) is 0 Å². The van der Waals surface area contributed by atoms with E-state index in [9.17, 15) is 0 Å². The molecule has 0 N–H and O–H groups in total. The van der Waals surface area contributed by atoms with E-state index in [2.05, 4.69) is 45.0 Å². The SMILES string of the molecule is [CH2]c1ccccc1C(CC)CCCC. The molecule has 1 aromatic carbocycles. The van der Waals surface area contributed by atoms with Crippen molar-refractivity contribution in [3.8, 4) is 0 Å². The van der Waals surface area contributed by atoms with Gasteiger partial charge in [-0.05, 0) is 36.8 Å². The average molecular weight is 189 g/mol. The standard InChI is InChI=1S/C14H21/c1-4-6-10-13(5-2)14-11-8-7-9-12(14)3/h7-9,11,13H,3-6,10H2,1-2H3. The van der Waals surface area contributed by atoms with E-state index in [0.717, 1.165) is 0 Å². The molecule has 0 heteroatoms. The molecule has 0 bridgehead atoms. The summed E-state index contributed by atoms with van der Waals surface area (Å²) in [4.78, 5) is 0. The summed E-state index contributed by atoms with van der Waals surface area (Å²) in [6.07, 6.45) is 5.15. The lowest BCUT2D eigenvalue weighted by Crippen LogP contribution is -1.99. The van der Waals surface area contributed by atoms with Gasteiger partial charge in [-0.15, -0.1) is 0 Å². The summed E-state index contributed by atoms with van der Waals surface area (Å²) in [5.41, 5.74) is 2.65. The van der Waals surface area contributed by atoms with E-state index in [1.807, 2.05) is 0 Å². The third-order valence-corrected chi connectivity index (χ3v) is 2.89. The number of benzene rings is 1. The maximum absolute atomic E-state index is 4.10. The Kier molecular flexibility index (Phi) is 4.72. The van der Waals surface area contributed by atoms with Crippen LogP contribution in [0.4, 0.5) is 0 Å². The van der Waals surface area contributed by atoms with Gasteiger partial charge in [-0.3, -0.25) is 0 Å². The fourth-order valence-electron chi connectivity index (χ4n) is 1.96. The molecular weight excluding hydrogens is 168 g/mol. The van der Waals surface area contributed by atoms with Crippen molar-refractivity contribution in [2.24, 2.45) is 0 Å². The highest BCUT2D eigenvalue weighted by Gasteiger charge is 2.10. The zero-order valence-corrected chi connectivity index (χ0v) is 9.42. The molecule has 0 aliphatic rings. The summed E-state index contributed by atoms with van der Waals surface area (Å²) >= 11 is 0. The van der Waals surface area contributed by atoms with Crippen LogP contribution in [0.15, 0.2) is 24.3 Å². The molecule has 1 radical (unpaired) electrons. The summed E-state index contributed by atoms with van der Waals surface area (Å²) in [6.45, 7) is 8.62. The van der Waals surface area contributed by atoms with Crippen molar-refractivity contribution in [1.29, 1.82) is 0 Å². The molecule has 14 heavy (non-hydrogen) atoms. The van der Waals surface area contributed by atoms with Gasteiger partial charge >= 0.3 is 0 Å². The summed E-state index contributed by atoms with van der Waals surface area (Å²) in [6, 6.07) is 8.53. The van der Waals surface area contributed by atoms with Crippen LogP contribution in [0, 0.1) is 6.92 Å². The van der Waals surface area contributed by atoms with Crippen LogP contribution in [0.3, 0.4) is 0 Å². The number of rotatable bonds is 5. The van der Waals surface area contributed by atoms with Crippen molar-refractivity contribution in [2.45, 2.75) is 45.4 Å². The summed E-state index contributed by atoms with van der Waals surface area (Å²) in [5, 5.41) is 0. The Morgan fingerprint density at radius 2 is 1.93 bits per heavy atom. The van der Waals surface area contributed by atoms with Gasteiger partial charge in [-0.2, -0.15) is 0 Å². The molecular formula is C14H21. The highest BCUT2D eigenvalue weighted by molar-refractivity contribution is 5.32. The zero-order chi connectivity index (χ0) is 10.4. The van der Waals surface area contributed by atoms with Crippen molar-refractivity contribution in [1.82, 2.24) is 0 Å². The molecule has 0 heterocycles. The van der Waals surface area contributed by atoms with Crippen molar-refractivity contribution in [3.63, 3.8) is 0 Å². The van der Waals surface area contributed by atoms with E-state index in [4.69, 9.17) is 0 Å². The van der Waals surface area contributed by atoms with Gasteiger partial charge in [0.1, 0.15) is 0 Å². The molecule has 0 saturated carbocycles. The predicted octanol–water partition coefficient (Wildman–Crippen LogP) is 4.55. The zero-order valence-electron chi connectivity index (χ0n) is 9.42. The normalized spacial score (nSPS) is 12.8. The van der Waals surface area contributed by atoms with Crippen LogP contribution in [-0.2, 0) is 0 Å². The second kappa shape index (κ2) is 5.85. The molecule has 1 rings (SSSR count). The third kappa shape index (κ3) is 2.87. The lowest BCUT2D eigenvalue weighted by Gasteiger charge is -2.17. The predicted molar refractivity (Wildman–Crippen MR) is 63.5 cm³/mol. The Hall–Kier alpha value is -0.780. The minimum atomic E-state index is 0.712. The monoisotopic (exact) mass is 189 g/mol. The van der Waals surface area contributed by atoms with Crippen LogP contribution in [0.25, 0.3) is 0 Å². The lowest BCUT2D eigenvalue weighted by atomic mass is 9.88. The van der Waals surface area contributed by atoms with Gasteiger partial charge in [-0.25, -0.2) is 0 Å². The first kappa shape index (κ1) is 11.3. The van der Waals surface area contributed by atoms with Crippen LogP contribution in [0.2, 0.25) is 0 Å². The van der Waals surface area contributed by atoms with Gasteiger partial charge in [0, 0.05) is 0 Å². The molecule has 77 valence electrons. The van der Waals surface area contributed by atoms with Crippen LogP contribution in [-0.4, -0.2) is 0 Å². The van der Waals surface area contributed by atoms with Gasteiger partial charge in [0.15, 0.2) is 0 Å². The fourth-order valence-corrected chi connectivity index (χ4v) is 1.96. The molecule has 1 unspecified atom stereocenters. The smallest absolute Gasteiger partial charge is 0.0162 e. The minimum Gasteiger partial charge on any atom is -0.0654 e. The first-order chi connectivity index (χ1) is 6.79. The second-order valence-corrected chi connectivity index (χ2v) is 3.95. The summed E-state index contributed by atoms with van der Waals surface area (Å²) in [7, 11) is 0. The second-order valence-electron chi connectivity index (χ2n) is 3.95. The number of hydrogen-bond donors (Lipinski definition) is 0. The van der Waals surface area contributed by atoms with Gasteiger partial charge < -0.3 is 0 Å². The quantitative estimate of drug-likeness (QED) is 0.637. The van der Waals surface area contributed by atoms with Crippen LogP contribution >= 0.6 is 0 Å². The largest absolute Gasteiger partial charge is 0.0654 e. The highest BCUT2D eigenvalue weighted by atomic mass is 14.1. The number of unbranched alkanes of at least 4 members (excludes halogenated alkanes) is 1. The Bertz CT molecular complexity index is 262. The van der Waals surface area contributed by atoms with Gasteiger partial charge in [0.25, 0.3) is 0 Å². The molecule has 0 nitrogen and oxygen atoms in total.